The number of carbonyl (C=O) groups excluding carboxylic acids is 2. The Morgan fingerprint density at radius 3 is 2.72 bits per heavy atom. The number of benzene rings is 2. The van der Waals surface area contributed by atoms with E-state index in [1.165, 1.54) is 18.2 Å². The number of aliphatic hydroxyl groups excluding tert-OH is 1. The van der Waals surface area contributed by atoms with Crippen LogP contribution in [-0.4, -0.2) is 23.5 Å². The molecule has 1 saturated heterocycles. The number of hydrogen-bond donors (Lipinski definition) is 2. The molecule has 0 aromatic heterocycles. The first kappa shape index (κ1) is 17.1. The fraction of sp³-hybridized carbons (Fsp3) is 0.263. The van der Waals surface area contributed by atoms with E-state index in [9.17, 15) is 19.1 Å². The van der Waals surface area contributed by atoms with Crippen LogP contribution in [0.15, 0.2) is 42.5 Å². The van der Waals surface area contributed by atoms with Crippen LogP contribution in [0.4, 0.5) is 15.8 Å². The van der Waals surface area contributed by atoms with Crippen LogP contribution < -0.4 is 10.2 Å². The van der Waals surface area contributed by atoms with Crippen LogP contribution in [-0.2, 0) is 4.79 Å². The van der Waals surface area contributed by atoms with Gasteiger partial charge in [0.2, 0.25) is 5.91 Å². The van der Waals surface area contributed by atoms with E-state index in [0.29, 0.717) is 29.9 Å². The van der Waals surface area contributed by atoms with Gasteiger partial charge in [-0.25, -0.2) is 4.39 Å². The van der Waals surface area contributed by atoms with Crippen molar-refractivity contribution in [1.29, 1.82) is 0 Å². The van der Waals surface area contributed by atoms with Gasteiger partial charge < -0.3 is 15.3 Å². The van der Waals surface area contributed by atoms with Gasteiger partial charge in [-0.1, -0.05) is 18.2 Å². The van der Waals surface area contributed by atoms with Crippen LogP contribution in [0.3, 0.4) is 0 Å². The number of nitrogens with one attached hydrogen (secondary N) is 1. The SMILES string of the molecule is C[C@H](O)c1ccccc1NC(=O)c1cc(N2CCCC2=O)ccc1F. The van der Waals surface area contributed by atoms with Gasteiger partial charge in [0.25, 0.3) is 5.91 Å². The molecule has 1 fully saturated rings. The first-order chi connectivity index (χ1) is 12.0. The smallest absolute Gasteiger partial charge is 0.258 e. The fourth-order valence-electron chi connectivity index (χ4n) is 2.94. The zero-order valence-electron chi connectivity index (χ0n) is 13.8. The lowest BCUT2D eigenvalue weighted by atomic mass is 10.1. The van der Waals surface area contributed by atoms with E-state index in [1.807, 2.05) is 0 Å². The predicted octanol–water partition coefficient (Wildman–Crippen LogP) is 3.26. The number of rotatable bonds is 4. The Morgan fingerprint density at radius 2 is 2.04 bits per heavy atom. The zero-order chi connectivity index (χ0) is 18.0. The third-order valence-corrected chi connectivity index (χ3v) is 4.24. The van der Waals surface area contributed by atoms with Crippen LogP contribution in [0, 0.1) is 5.82 Å². The standard InChI is InChI=1S/C19H19FN2O3/c1-12(23)14-5-2-3-6-17(14)21-19(25)15-11-13(8-9-16(15)20)22-10-4-7-18(22)24/h2-3,5-6,8-9,11-12,23H,4,7,10H2,1H3,(H,21,25)/t12-/m0/s1. The second-order valence-corrected chi connectivity index (χ2v) is 6.03. The second-order valence-electron chi connectivity index (χ2n) is 6.03. The molecule has 2 aromatic carbocycles. The Kier molecular flexibility index (Phi) is 4.81. The number of nitrogens with zero attached hydrogens (tertiary/aromatic N) is 1. The molecular formula is C19H19FN2O3. The second kappa shape index (κ2) is 7.03. The molecule has 1 aliphatic heterocycles. The number of halogens is 1. The summed E-state index contributed by atoms with van der Waals surface area (Å²) in [4.78, 5) is 25.9. The number of aliphatic hydroxyl groups is 1. The minimum absolute atomic E-state index is 0.0302. The molecule has 0 saturated carbocycles. The highest BCUT2D eigenvalue weighted by atomic mass is 19.1. The lowest BCUT2D eigenvalue weighted by molar-refractivity contribution is -0.117. The Bertz CT molecular complexity index is 820. The van der Waals surface area contributed by atoms with Crippen molar-refractivity contribution in [3.05, 3.63) is 59.4 Å². The zero-order valence-corrected chi connectivity index (χ0v) is 13.8. The van der Waals surface area contributed by atoms with E-state index < -0.39 is 17.8 Å². The molecule has 2 amide bonds. The normalized spacial score (nSPS) is 15.3. The number of hydrogen-bond acceptors (Lipinski definition) is 3. The molecule has 130 valence electrons. The summed E-state index contributed by atoms with van der Waals surface area (Å²) in [6, 6.07) is 10.9. The number of para-hydroxylation sites is 1. The first-order valence-electron chi connectivity index (χ1n) is 8.15. The summed E-state index contributed by atoms with van der Waals surface area (Å²) in [7, 11) is 0. The third-order valence-electron chi connectivity index (χ3n) is 4.24. The molecule has 0 bridgehead atoms. The topological polar surface area (TPSA) is 69.6 Å². The van der Waals surface area contributed by atoms with Crippen LogP contribution in [0.25, 0.3) is 0 Å². The molecule has 3 rings (SSSR count). The minimum atomic E-state index is -0.769. The van der Waals surface area contributed by atoms with Gasteiger partial charge >= 0.3 is 0 Å². The van der Waals surface area contributed by atoms with E-state index in [1.54, 1.807) is 36.1 Å². The average Bonchev–Trinajstić information content (AvgIpc) is 3.01. The molecule has 1 heterocycles. The van der Waals surface area contributed by atoms with Gasteiger partial charge in [-0.15, -0.1) is 0 Å². The van der Waals surface area contributed by atoms with Crippen molar-refractivity contribution in [2.24, 2.45) is 0 Å². The van der Waals surface area contributed by atoms with Crippen molar-refractivity contribution in [3.8, 4) is 0 Å². The van der Waals surface area contributed by atoms with Crippen molar-refractivity contribution >= 4 is 23.2 Å². The quantitative estimate of drug-likeness (QED) is 0.896. The van der Waals surface area contributed by atoms with E-state index >= 15 is 0 Å². The van der Waals surface area contributed by atoms with E-state index in [-0.39, 0.29) is 11.5 Å². The largest absolute Gasteiger partial charge is 0.389 e. The van der Waals surface area contributed by atoms with Gasteiger partial charge in [0.05, 0.1) is 11.7 Å². The summed E-state index contributed by atoms with van der Waals surface area (Å²) < 4.78 is 14.2. The van der Waals surface area contributed by atoms with E-state index in [2.05, 4.69) is 5.32 Å². The van der Waals surface area contributed by atoms with Gasteiger partial charge in [0.15, 0.2) is 0 Å². The van der Waals surface area contributed by atoms with Crippen molar-refractivity contribution < 1.29 is 19.1 Å². The minimum Gasteiger partial charge on any atom is -0.389 e. The van der Waals surface area contributed by atoms with Gasteiger partial charge in [-0.3, -0.25) is 9.59 Å². The number of amides is 2. The lowest BCUT2D eigenvalue weighted by Gasteiger charge is -2.17. The molecule has 1 aliphatic rings. The molecule has 0 unspecified atom stereocenters. The van der Waals surface area contributed by atoms with Crippen molar-refractivity contribution in [2.75, 3.05) is 16.8 Å². The molecule has 2 aromatic rings. The van der Waals surface area contributed by atoms with Gasteiger partial charge in [-0.2, -0.15) is 0 Å². The van der Waals surface area contributed by atoms with Gasteiger partial charge in [0.1, 0.15) is 5.82 Å². The molecular weight excluding hydrogens is 323 g/mol. The Morgan fingerprint density at radius 1 is 1.28 bits per heavy atom. The van der Waals surface area contributed by atoms with Crippen molar-refractivity contribution in [2.45, 2.75) is 25.9 Å². The van der Waals surface area contributed by atoms with Crippen molar-refractivity contribution in [1.82, 2.24) is 0 Å². The molecule has 2 N–H and O–H groups in total. The summed E-state index contributed by atoms with van der Waals surface area (Å²) in [5.41, 5.74) is 1.34. The van der Waals surface area contributed by atoms with Crippen molar-refractivity contribution in [3.63, 3.8) is 0 Å². The number of anilines is 2. The maximum absolute atomic E-state index is 14.2. The Hall–Kier alpha value is -2.73. The van der Waals surface area contributed by atoms with Gasteiger partial charge in [0, 0.05) is 29.9 Å². The van der Waals surface area contributed by atoms with Gasteiger partial charge in [-0.05, 0) is 37.6 Å². The summed E-state index contributed by atoms with van der Waals surface area (Å²) in [5, 5.41) is 12.4. The van der Waals surface area contributed by atoms with Crippen LogP contribution in [0.2, 0.25) is 0 Å². The summed E-state index contributed by atoms with van der Waals surface area (Å²) in [5.74, 6) is -1.32. The van der Waals surface area contributed by atoms with E-state index in [4.69, 9.17) is 0 Å². The lowest BCUT2D eigenvalue weighted by Crippen LogP contribution is -2.24. The Labute approximate surface area is 145 Å². The molecule has 25 heavy (non-hydrogen) atoms. The van der Waals surface area contributed by atoms with Crippen LogP contribution in [0.1, 0.15) is 41.8 Å². The molecule has 1 atom stereocenters. The van der Waals surface area contributed by atoms with Crippen LogP contribution >= 0.6 is 0 Å². The fourth-order valence-corrected chi connectivity index (χ4v) is 2.94. The monoisotopic (exact) mass is 342 g/mol. The number of carbonyl (C=O) groups is 2. The highest BCUT2D eigenvalue weighted by Crippen LogP contribution is 2.26. The summed E-state index contributed by atoms with van der Waals surface area (Å²) in [6.45, 7) is 2.15. The molecule has 0 radical (unpaired) electrons. The maximum Gasteiger partial charge on any atom is 0.258 e. The van der Waals surface area contributed by atoms with Crippen LogP contribution in [0.5, 0.6) is 0 Å². The maximum atomic E-state index is 14.2. The summed E-state index contributed by atoms with van der Waals surface area (Å²) in [6.07, 6.45) is 0.440. The Balaban J connectivity index is 1.89. The third kappa shape index (κ3) is 3.53. The molecule has 0 aliphatic carbocycles. The average molecular weight is 342 g/mol. The highest BCUT2D eigenvalue weighted by Gasteiger charge is 2.24. The summed E-state index contributed by atoms with van der Waals surface area (Å²) >= 11 is 0. The molecule has 5 nitrogen and oxygen atoms in total. The molecule has 0 spiro atoms. The van der Waals surface area contributed by atoms with E-state index in [0.717, 1.165) is 6.42 Å². The first-order valence-corrected chi connectivity index (χ1v) is 8.15. The highest BCUT2D eigenvalue weighted by molar-refractivity contribution is 6.06. The molecule has 6 heteroatoms. The predicted molar refractivity (Wildman–Crippen MR) is 93.0 cm³/mol.